The Bertz CT molecular complexity index is 344. The number of hydrogen-bond donors (Lipinski definition) is 1. The van der Waals surface area contributed by atoms with Crippen LogP contribution in [0.15, 0.2) is 36.0 Å². The van der Waals surface area contributed by atoms with Crippen molar-refractivity contribution in [2.24, 2.45) is 0 Å². The Hall–Kier alpha value is -0.701. The van der Waals surface area contributed by atoms with E-state index < -0.39 is 20.4 Å². The van der Waals surface area contributed by atoms with Gasteiger partial charge in [-0.05, 0) is 53.4 Å². The van der Waals surface area contributed by atoms with Gasteiger partial charge in [0.25, 0.3) is 0 Å². The Balaban J connectivity index is 0. The van der Waals surface area contributed by atoms with Crippen molar-refractivity contribution >= 4 is 14.8 Å². The Morgan fingerprint density at radius 3 is 2.16 bits per heavy atom. The van der Waals surface area contributed by atoms with Gasteiger partial charge in [-0.3, -0.25) is 0 Å². The third-order valence-electron chi connectivity index (χ3n) is 2.67. The van der Waals surface area contributed by atoms with Gasteiger partial charge in [-0.15, -0.1) is 6.58 Å². The molecule has 0 spiro atoms. The molecule has 0 fully saturated rings. The van der Waals surface area contributed by atoms with Gasteiger partial charge in [-0.1, -0.05) is 29.4 Å². The third kappa shape index (κ3) is 17.3. The molecule has 1 unspecified atom stereocenters. The van der Waals surface area contributed by atoms with E-state index in [1.807, 2.05) is 0 Å². The molecule has 3 nitrogen and oxygen atoms in total. The van der Waals surface area contributed by atoms with Gasteiger partial charge in [-0.2, -0.15) is 0 Å². The van der Waals surface area contributed by atoms with Crippen molar-refractivity contribution in [3.8, 4) is 0 Å². The molecule has 0 aromatic carbocycles. The molecule has 19 heavy (non-hydrogen) atoms. The van der Waals surface area contributed by atoms with E-state index in [-0.39, 0.29) is 0 Å². The van der Waals surface area contributed by atoms with Gasteiger partial charge < -0.3 is 5.11 Å². The summed E-state index contributed by atoms with van der Waals surface area (Å²) in [5.74, 6) is 0. The van der Waals surface area contributed by atoms with Crippen LogP contribution in [0.3, 0.4) is 0 Å². The van der Waals surface area contributed by atoms with Crippen molar-refractivity contribution in [3.63, 3.8) is 0 Å². The summed E-state index contributed by atoms with van der Waals surface area (Å²) < 4.78 is 16.9. The fourth-order valence-corrected chi connectivity index (χ4v) is 1.40. The molecule has 0 aliphatic rings. The maximum atomic E-state index is 9.73. The Morgan fingerprint density at radius 2 is 1.74 bits per heavy atom. The first-order valence-corrected chi connectivity index (χ1v) is 7.75. The van der Waals surface area contributed by atoms with Crippen molar-refractivity contribution in [1.82, 2.24) is 0 Å². The first-order chi connectivity index (χ1) is 8.79. The molecule has 0 aromatic rings. The van der Waals surface area contributed by atoms with Crippen LogP contribution >= 0.6 is 0 Å². The van der Waals surface area contributed by atoms with E-state index >= 15 is 0 Å². The van der Waals surface area contributed by atoms with Gasteiger partial charge in [-0.25, -0.2) is 0 Å². The summed E-state index contributed by atoms with van der Waals surface area (Å²) in [4.78, 5) is 0. The Morgan fingerprint density at radius 1 is 1.21 bits per heavy atom. The van der Waals surface area contributed by atoms with E-state index in [0.717, 1.165) is 25.7 Å². The van der Waals surface area contributed by atoms with Crippen LogP contribution in [0, 0.1) is 0 Å². The van der Waals surface area contributed by atoms with Crippen LogP contribution in [-0.4, -0.2) is 25.5 Å². The molecule has 0 bridgehead atoms. The minimum atomic E-state index is -1.62. The normalized spacial score (nSPS) is 13.6. The van der Waals surface area contributed by atoms with Crippen LogP contribution in [0.4, 0.5) is 0 Å². The van der Waals surface area contributed by atoms with Gasteiger partial charge in [0.15, 0.2) is 0 Å². The van der Waals surface area contributed by atoms with Crippen molar-refractivity contribution < 1.29 is 12.8 Å². The summed E-state index contributed by atoms with van der Waals surface area (Å²) in [6.07, 6.45) is 9.98. The van der Waals surface area contributed by atoms with E-state index in [0.29, 0.717) is 0 Å². The topological polar surface area (TPSA) is 54.4 Å². The quantitative estimate of drug-likeness (QED) is 0.570. The average molecular weight is 333 g/mol. The summed E-state index contributed by atoms with van der Waals surface area (Å²) >= 11 is -1.62. The monoisotopic (exact) mass is 334 g/mol. The molecule has 0 radical (unpaired) electrons. The Labute approximate surface area is 123 Å². The molecule has 0 aliphatic carbocycles. The molecule has 0 rings (SSSR count). The SMILES string of the molecule is C=CC(C)(O)CCC=C(C)CCC=C(C)C.O=[Se]=O. The van der Waals surface area contributed by atoms with Crippen LogP contribution in [0.5, 0.6) is 0 Å². The summed E-state index contributed by atoms with van der Waals surface area (Å²) in [6.45, 7) is 11.8. The van der Waals surface area contributed by atoms with Crippen LogP contribution in [0.1, 0.15) is 53.4 Å². The van der Waals surface area contributed by atoms with E-state index in [4.69, 9.17) is 7.67 Å². The summed E-state index contributed by atoms with van der Waals surface area (Å²) in [6, 6.07) is 0. The van der Waals surface area contributed by atoms with E-state index in [1.54, 1.807) is 13.0 Å². The van der Waals surface area contributed by atoms with Crippen LogP contribution < -0.4 is 0 Å². The van der Waals surface area contributed by atoms with Gasteiger partial charge >= 0.3 is 22.5 Å². The minimum absolute atomic E-state index is 0.726. The second kappa shape index (κ2) is 12.3. The zero-order chi connectivity index (χ0) is 15.3. The molecule has 1 N–H and O–H groups in total. The maximum absolute atomic E-state index is 9.73. The zero-order valence-electron chi connectivity index (χ0n) is 12.4. The predicted octanol–water partition coefficient (Wildman–Crippen LogP) is 3.78. The molecular formula is C15H26O3Se. The molecule has 0 aromatic heterocycles. The van der Waals surface area contributed by atoms with Gasteiger partial charge in [0, 0.05) is 0 Å². The predicted molar refractivity (Wildman–Crippen MR) is 79.6 cm³/mol. The molecule has 4 heteroatoms. The molecular weight excluding hydrogens is 307 g/mol. The second-order valence-electron chi connectivity index (χ2n) is 5.04. The number of aliphatic hydroxyl groups is 1. The molecule has 110 valence electrons. The standard InChI is InChI=1S/C15H26O.O2Se/c1-6-15(5,16)12-8-11-14(4)10-7-9-13(2)3;1-3-2/h6,9,11,16H,1,7-8,10,12H2,2-5H3;. The molecule has 0 amide bonds. The van der Waals surface area contributed by atoms with Crippen LogP contribution in [0.2, 0.25) is 0 Å². The third-order valence-corrected chi connectivity index (χ3v) is 2.67. The van der Waals surface area contributed by atoms with Crippen LogP contribution in [0.25, 0.3) is 0 Å². The Kier molecular flexibility index (Phi) is 13.4. The van der Waals surface area contributed by atoms with Crippen molar-refractivity contribution in [3.05, 3.63) is 36.0 Å². The number of allylic oxidation sites excluding steroid dienone is 4. The first-order valence-electron chi connectivity index (χ1n) is 6.35. The van der Waals surface area contributed by atoms with Gasteiger partial charge in [0.2, 0.25) is 0 Å². The molecule has 0 saturated carbocycles. The van der Waals surface area contributed by atoms with E-state index in [2.05, 4.69) is 39.5 Å². The van der Waals surface area contributed by atoms with Gasteiger partial charge in [0.05, 0.1) is 5.60 Å². The average Bonchev–Trinajstić information content (AvgIpc) is 2.29. The number of hydrogen-bond acceptors (Lipinski definition) is 3. The van der Waals surface area contributed by atoms with Gasteiger partial charge in [0.1, 0.15) is 0 Å². The fraction of sp³-hybridized carbons (Fsp3) is 0.600. The molecule has 0 heterocycles. The molecule has 1 atom stereocenters. The van der Waals surface area contributed by atoms with Crippen molar-refractivity contribution in [2.75, 3.05) is 0 Å². The summed E-state index contributed by atoms with van der Waals surface area (Å²) in [5.41, 5.74) is 2.05. The molecule has 0 aliphatic heterocycles. The second-order valence-corrected chi connectivity index (χ2v) is 5.32. The fourth-order valence-electron chi connectivity index (χ4n) is 1.40. The number of rotatable bonds is 7. The van der Waals surface area contributed by atoms with Crippen molar-refractivity contribution in [1.29, 1.82) is 0 Å². The molecule has 0 saturated heterocycles. The van der Waals surface area contributed by atoms with Crippen LogP contribution in [-0.2, 0) is 7.67 Å². The van der Waals surface area contributed by atoms with E-state index in [1.165, 1.54) is 11.1 Å². The summed E-state index contributed by atoms with van der Waals surface area (Å²) in [7, 11) is 0. The van der Waals surface area contributed by atoms with Crippen molar-refractivity contribution in [2.45, 2.75) is 59.0 Å². The van der Waals surface area contributed by atoms with E-state index in [9.17, 15) is 5.11 Å². The summed E-state index contributed by atoms with van der Waals surface area (Å²) in [5, 5.41) is 9.73. The first kappa shape index (κ1) is 20.6. The zero-order valence-corrected chi connectivity index (χ0v) is 14.2.